The Morgan fingerprint density at radius 3 is 2.36 bits per heavy atom. The normalized spacial score (nSPS) is 10.0. The number of carbonyl (C=O) groups excluding carboxylic acids is 3. The molecule has 0 aliphatic heterocycles. The van der Waals surface area contributed by atoms with Gasteiger partial charge in [0.2, 0.25) is 11.8 Å². The van der Waals surface area contributed by atoms with Gasteiger partial charge in [0.25, 0.3) is 5.91 Å². The Morgan fingerprint density at radius 1 is 0.929 bits per heavy atom. The van der Waals surface area contributed by atoms with E-state index in [1.807, 2.05) is 30.3 Å². The molecule has 148 valence electrons. The number of methoxy groups -OCH3 is 1. The zero-order valence-corrected chi connectivity index (χ0v) is 15.6. The van der Waals surface area contributed by atoms with Gasteiger partial charge in [-0.05, 0) is 23.3 Å². The van der Waals surface area contributed by atoms with Crippen molar-refractivity contribution in [1.29, 1.82) is 0 Å². The van der Waals surface area contributed by atoms with Gasteiger partial charge in [-0.1, -0.05) is 36.4 Å². The fourth-order valence-electron chi connectivity index (χ4n) is 2.38. The molecule has 2 aromatic rings. The molecule has 28 heavy (non-hydrogen) atoms. The first kappa shape index (κ1) is 20.8. The maximum absolute atomic E-state index is 11.9. The molecule has 2 aromatic carbocycles. The first-order valence-electron chi connectivity index (χ1n) is 8.63. The number of carbonyl (C=O) groups is 3. The number of nitrogens with one attached hydrogen (secondary N) is 2. The number of hydrogen-bond donors (Lipinski definition) is 3. The summed E-state index contributed by atoms with van der Waals surface area (Å²) in [6, 6.07) is 14.3. The van der Waals surface area contributed by atoms with Crippen LogP contribution in [-0.2, 0) is 27.3 Å². The minimum atomic E-state index is -0.590. The van der Waals surface area contributed by atoms with Crippen molar-refractivity contribution in [2.24, 2.45) is 5.73 Å². The second-order valence-corrected chi connectivity index (χ2v) is 5.96. The summed E-state index contributed by atoms with van der Waals surface area (Å²) in [5.41, 5.74) is 6.70. The number of benzene rings is 2. The summed E-state index contributed by atoms with van der Waals surface area (Å²) in [5.74, 6) is -0.324. The Labute approximate surface area is 163 Å². The fourth-order valence-corrected chi connectivity index (χ4v) is 2.38. The molecule has 8 heteroatoms. The minimum absolute atomic E-state index is 0.109. The third kappa shape index (κ3) is 6.99. The second kappa shape index (κ2) is 10.6. The molecule has 0 saturated carbocycles. The van der Waals surface area contributed by atoms with Gasteiger partial charge in [0.05, 0.1) is 20.1 Å². The quantitative estimate of drug-likeness (QED) is 0.551. The van der Waals surface area contributed by atoms with E-state index < -0.39 is 5.91 Å². The van der Waals surface area contributed by atoms with Gasteiger partial charge in [-0.2, -0.15) is 0 Å². The number of amides is 3. The zero-order chi connectivity index (χ0) is 20.4. The van der Waals surface area contributed by atoms with E-state index in [1.165, 1.54) is 7.11 Å². The Morgan fingerprint density at radius 2 is 1.68 bits per heavy atom. The number of nitrogens with two attached hydrogens (primary N) is 1. The number of rotatable bonds is 10. The van der Waals surface area contributed by atoms with Crippen LogP contribution in [0.2, 0.25) is 0 Å². The first-order valence-corrected chi connectivity index (χ1v) is 8.63. The summed E-state index contributed by atoms with van der Waals surface area (Å²) in [6.07, 6.45) is 0.220. The molecule has 0 radical (unpaired) electrons. The van der Waals surface area contributed by atoms with Gasteiger partial charge >= 0.3 is 0 Å². The molecule has 8 nitrogen and oxygen atoms in total. The summed E-state index contributed by atoms with van der Waals surface area (Å²) < 4.78 is 10.5. The van der Waals surface area contributed by atoms with Gasteiger partial charge in [0, 0.05) is 6.54 Å². The average molecular weight is 385 g/mol. The standard InChI is InChI=1S/C20H23N3O5/c1-27-17-9-15(7-8-16(17)28-13-18(21)24)11-22-20(26)12-23-19(25)10-14-5-3-2-4-6-14/h2-9H,10-13H2,1H3,(H2,21,24)(H,22,26)(H,23,25). The van der Waals surface area contributed by atoms with Crippen LogP contribution in [0.25, 0.3) is 0 Å². The van der Waals surface area contributed by atoms with Crippen LogP contribution in [0, 0.1) is 0 Å². The fraction of sp³-hybridized carbons (Fsp3) is 0.250. The van der Waals surface area contributed by atoms with Crippen LogP contribution in [-0.4, -0.2) is 38.0 Å². The van der Waals surface area contributed by atoms with Gasteiger partial charge in [0.15, 0.2) is 18.1 Å². The summed E-state index contributed by atoms with van der Waals surface area (Å²) in [6.45, 7) is -0.114. The highest BCUT2D eigenvalue weighted by Crippen LogP contribution is 2.27. The Balaban J connectivity index is 1.78. The molecule has 4 N–H and O–H groups in total. The predicted molar refractivity (Wildman–Crippen MR) is 103 cm³/mol. The monoisotopic (exact) mass is 385 g/mol. The summed E-state index contributed by atoms with van der Waals surface area (Å²) in [7, 11) is 1.47. The lowest BCUT2D eigenvalue weighted by molar-refractivity contribution is -0.125. The molecule has 3 amide bonds. The van der Waals surface area contributed by atoms with Crippen molar-refractivity contribution in [2.75, 3.05) is 20.3 Å². The third-order valence-corrected chi connectivity index (χ3v) is 3.74. The van der Waals surface area contributed by atoms with E-state index >= 15 is 0 Å². The Kier molecular flexibility index (Phi) is 7.83. The molecule has 0 atom stereocenters. The molecule has 0 aliphatic rings. The molecular weight excluding hydrogens is 362 g/mol. The summed E-state index contributed by atoms with van der Waals surface area (Å²) in [4.78, 5) is 34.6. The average Bonchev–Trinajstić information content (AvgIpc) is 2.70. The third-order valence-electron chi connectivity index (χ3n) is 3.74. The van der Waals surface area contributed by atoms with E-state index in [4.69, 9.17) is 15.2 Å². The second-order valence-electron chi connectivity index (χ2n) is 5.96. The largest absolute Gasteiger partial charge is 0.493 e. The van der Waals surface area contributed by atoms with Gasteiger partial charge < -0.3 is 25.8 Å². The van der Waals surface area contributed by atoms with Gasteiger partial charge in [-0.3, -0.25) is 14.4 Å². The van der Waals surface area contributed by atoms with Gasteiger partial charge in [0.1, 0.15) is 0 Å². The van der Waals surface area contributed by atoms with Crippen LogP contribution in [0.1, 0.15) is 11.1 Å². The maximum atomic E-state index is 11.9. The van der Waals surface area contributed by atoms with Crippen LogP contribution in [0.3, 0.4) is 0 Å². The Hall–Kier alpha value is -3.55. The Bertz CT molecular complexity index is 824. The molecule has 0 aliphatic carbocycles. The van der Waals surface area contributed by atoms with Gasteiger partial charge in [-0.15, -0.1) is 0 Å². The lowest BCUT2D eigenvalue weighted by atomic mass is 10.1. The van der Waals surface area contributed by atoms with E-state index in [2.05, 4.69) is 10.6 Å². The topological polar surface area (TPSA) is 120 Å². The highest BCUT2D eigenvalue weighted by atomic mass is 16.5. The molecule has 0 heterocycles. The van der Waals surface area contributed by atoms with Crippen molar-refractivity contribution in [3.8, 4) is 11.5 Å². The van der Waals surface area contributed by atoms with Crippen molar-refractivity contribution in [3.63, 3.8) is 0 Å². The molecule has 0 aromatic heterocycles. The predicted octanol–water partition coefficient (Wildman–Crippen LogP) is 0.534. The molecule has 0 spiro atoms. The summed E-state index contributed by atoms with van der Waals surface area (Å²) in [5, 5.41) is 5.30. The van der Waals surface area contributed by atoms with Crippen molar-refractivity contribution < 1.29 is 23.9 Å². The van der Waals surface area contributed by atoms with E-state index in [1.54, 1.807) is 18.2 Å². The smallest absolute Gasteiger partial charge is 0.255 e. The molecule has 0 fully saturated rings. The van der Waals surface area contributed by atoms with Crippen molar-refractivity contribution in [2.45, 2.75) is 13.0 Å². The van der Waals surface area contributed by atoms with Crippen LogP contribution in [0.5, 0.6) is 11.5 Å². The molecule has 0 saturated heterocycles. The van der Waals surface area contributed by atoms with Crippen molar-refractivity contribution >= 4 is 17.7 Å². The van der Waals surface area contributed by atoms with E-state index in [9.17, 15) is 14.4 Å². The van der Waals surface area contributed by atoms with Crippen LogP contribution in [0.15, 0.2) is 48.5 Å². The van der Waals surface area contributed by atoms with Crippen molar-refractivity contribution in [3.05, 3.63) is 59.7 Å². The number of hydrogen-bond acceptors (Lipinski definition) is 5. The maximum Gasteiger partial charge on any atom is 0.255 e. The van der Waals surface area contributed by atoms with Crippen LogP contribution < -0.4 is 25.8 Å². The lowest BCUT2D eigenvalue weighted by Gasteiger charge is -2.12. The zero-order valence-electron chi connectivity index (χ0n) is 15.6. The lowest BCUT2D eigenvalue weighted by Crippen LogP contribution is -2.37. The van der Waals surface area contributed by atoms with E-state index in [0.717, 1.165) is 11.1 Å². The van der Waals surface area contributed by atoms with E-state index in [0.29, 0.717) is 11.5 Å². The number of primary amides is 1. The summed E-state index contributed by atoms with van der Waals surface area (Å²) >= 11 is 0. The molecule has 0 bridgehead atoms. The first-order chi connectivity index (χ1) is 13.5. The van der Waals surface area contributed by atoms with E-state index in [-0.39, 0.29) is 37.9 Å². The van der Waals surface area contributed by atoms with Crippen molar-refractivity contribution in [1.82, 2.24) is 10.6 Å². The van der Waals surface area contributed by atoms with Crippen LogP contribution >= 0.6 is 0 Å². The SMILES string of the molecule is COc1cc(CNC(=O)CNC(=O)Cc2ccccc2)ccc1OCC(N)=O. The highest BCUT2D eigenvalue weighted by molar-refractivity contribution is 5.85. The molecular formula is C20H23N3O5. The van der Waals surface area contributed by atoms with Gasteiger partial charge in [-0.25, -0.2) is 0 Å². The number of ether oxygens (including phenoxy) is 2. The van der Waals surface area contributed by atoms with Crippen LogP contribution in [0.4, 0.5) is 0 Å². The minimum Gasteiger partial charge on any atom is -0.493 e. The highest BCUT2D eigenvalue weighted by Gasteiger charge is 2.09. The molecule has 0 unspecified atom stereocenters. The molecule has 2 rings (SSSR count).